The molecule has 5 aromatic rings. The van der Waals surface area contributed by atoms with Crippen LogP contribution in [-0.4, -0.2) is 15.0 Å². The van der Waals surface area contributed by atoms with Gasteiger partial charge in [-0.3, -0.25) is 18.7 Å². The lowest BCUT2D eigenvalue weighted by atomic mass is 10.1. The Morgan fingerprint density at radius 2 is 1.35 bits per heavy atom. The Morgan fingerprint density at radius 3 is 2.05 bits per heavy atom. The van der Waals surface area contributed by atoms with Gasteiger partial charge in [0.05, 0.1) is 35.4 Å². The van der Waals surface area contributed by atoms with Gasteiger partial charge >= 0.3 is 5.69 Å². The van der Waals surface area contributed by atoms with Crippen LogP contribution < -0.4 is 22.3 Å². The number of nitrogens with one attached hydrogen (secondary N) is 1. The van der Waals surface area contributed by atoms with Crippen LogP contribution in [0, 0.1) is 6.92 Å². The summed E-state index contributed by atoms with van der Waals surface area (Å²) >= 11 is 0. The van der Waals surface area contributed by atoms with Gasteiger partial charge in [0, 0.05) is 5.56 Å². The number of para-hydroxylation sites is 3. The van der Waals surface area contributed by atoms with E-state index >= 15 is 0 Å². The second-order valence-electron chi connectivity index (χ2n) is 9.00. The minimum Gasteiger partial charge on any atom is -0.397 e. The number of benzene rings is 4. The van der Waals surface area contributed by atoms with Gasteiger partial charge in [0.2, 0.25) is 0 Å². The number of hydrogen-bond donors (Lipinski definition) is 2. The maximum Gasteiger partial charge on any atom is 0.332 e. The van der Waals surface area contributed by atoms with E-state index in [0.29, 0.717) is 34.4 Å². The molecule has 1 heterocycles. The minimum atomic E-state index is -0.384. The molecule has 37 heavy (non-hydrogen) atoms. The second kappa shape index (κ2) is 9.99. The van der Waals surface area contributed by atoms with Crippen LogP contribution in [0.3, 0.4) is 0 Å². The van der Waals surface area contributed by atoms with Crippen LogP contribution >= 0.6 is 0 Å². The van der Waals surface area contributed by atoms with Gasteiger partial charge in [-0.1, -0.05) is 66.2 Å². The van der Waals surface area contributed by atoms with Gasteiger partial charge in [-0.2, -0.15) is 0 Å². The summed E-state index contributed by atoms with van der Waals surface area (Å²) in [4.78, 5) is 39.5. The van der Waals surface area contributed by atoms with E-state index in [-0.39, 0.29) is 23.7 Å². The average Bonchev–Trinajstić information content (AvgIpc) is 2.92. The van der Waals surface area contributed by atoms with Crippen molar-refractivity contribution in [3.63, 3.8) is 0 Å². The van der Waals surface area contributed by atoms with Crippen LogP contribution in [0.1, 0.15) is 27.0 Å². The number of anilines is 2. The van der Waals surface area contributed by atoms with Crippen molar-refractivity contribution in [2.45, 2.75) is 20.0 Å². The molecule has 0 saturated carbocycles. The van der Waals surface area contributed by atoms with Gasteiger partial charge in [0.15, 0.2) is 0 Å². The van der Waals surface area contributed by atoms with Crippen molar-refractivity contribution < 1.29 is 4.79 Å². The van der Waals surface area contributed by atoms with E-state index in [1.165, 1.54) is 4.57 Å². The van der Waals surface area contributed by atoms with Gasteiger partial charge in [0.1, 0.15) is 0 Å². The van der Waals surface area contributed by atoms with E-state index in [1.807, 2.05) is 37.3 Å². The number of fused-ring (bicyclic) bond motifs is 1. The van der Waals surface area contributed by atoms with Crippen LogP contribution in [-0.2, 0) is 13.1 Å². The monoisotopic (exact) mass is 490 g/mol. The van der Waals surface area contributed by atoms with Crippen LogP contribution in [0.25, 0.3) is 10.9 Å². The molecule has 0 bridgehead atoms. The first kappa shape index (κ1) is 23.8. The lowest BCUT2D eigenvalue weighted by molar-refractivity contribution is 0.102. The van der Waals surface area contributed by atoms with Crippen molar-refractivity contribution in [2.24, 2.45) is 0 Å². The number of nitrogen functional groups attached to an aromatic ring is 1. The molecule has 3 N–H and O–H groups in total. The van der Waals surface area contributed by atoms with Crippen molar-refractivity contribution in [1.82, 2.24) is 9.13 Å². The van der Waals surface area contributed by atoms with Crippen molar-refractivity contribution in [1.29, 1.82) is 0 Å². The molecule has 0 fully saturated rings. The summed E-state index contributed by atoms with van der Waals surface area (Å²) in [7, 11) is 0. The fraction of sp³-hybridized carbons (Fsp3) is 0.100. The Labute approximate surface area is 213 Å². The van der Waals surface area contributed by atoms with Crippen LogP contribution in [0.4, 0.5) is 11.4 Å². The zero-order valence-electron chi connectivity index (χ0n) is 20.3. The number of aryl methyl sites for hydroxylation is 1. The molecule has 0 radical (unpaired) electrons. The highest BCUT2D eigenvalue weighted by Crippen LogP contribution is 2.18. The maximum absolute atomic E-state index is 13.5. The largest absolute Gasteiger partial charge is 0.397 e. The topological polar surface area (TPSA) is 99.1 Å². The van der Waals surface area contributed by atoms with Crippen molar-refractivity contribution in [3.8, 4) is 0 Å². The van der Waals surface area contributed by atoms with E-state index in [0.717, 1.165) is 16.7 Å². The molecule has 7 heteroatoms. The third-order valence-electron chi connectivity index (χ3n) is 6.36. The summed E-state index contributed by atoms with van der Waals surface area (Å²) in [6, 6.07) is 29.0. The lowest BCUT2D eigenvalue weighted by Crippen LogP contribution is -2.40. The molecule has 0 unspecified atom stereocenters. The molecule has 4 aromatic carbocycles. The molecule has 184 valence electrons. The first-order chi connectivity index (χ1) is 17.9. The fourth-order valence-electron chi connectivity index (χ4n) is 4.29. The molecule has 5 rings (SSSR count). The number of aromatic nitrogens is 2. The lowest BCUT2D eigenvalue weighted by Gasteiger charge is -2.15. The fourth-order valence-corrected chi connectivity index (χ4v) is 4.29. The molecule has 0 aliphatic heterocycles. The van der Waals surface area contributed by atoms with Gasteiger partial charge < -0.3 is 11.1 Å². The van der Waals surface area contributed by atoms with E-state index < -0.39 is 0 Å². The van der Waals surface area contributed by atoms with Crippen molar-refractivity contribution in [2.75, 3.05) is 11.1 Å². The zero-order valence-corrected chi connectivity index (χ0v) is 20.3. The Balaban J connectivity index is 1.46. The van der Waals surface area contributed by atoms with E-state index in [1.54, 1.807) is 71.3 Å². The number of rotatable bonds is 6. The third kappa shape index (κ3) is 4.92. The summed E-state index contributed by atoms with van der Waals surface area (Å²) in [5.41, 5.74) is 10.1. The molecule has 7 nitrogen and oxygen atoms in total. The molecular formula is C30H26N4O3. The number of nitrogens with zero attached hydrogens (tertiary/aromatic N) is 2. The summed E-state index contributed by atoms with van der Waals surface area (Å²) in [6.45, 7) is 2.45. The summed E-state index contributed by atoms with van der Waals surface area (Å²) < 4.78 is 2.88. The molecule has 1 aromatic heterocycles. The van der Waals surface area contributed by atoms with Crippen LogP contribution in [0.15, 0.2) is 107 Å². The molecular weight excluding hydrogens is 464 g/mol. The highest BCUT2D eigenvalue weighted by atomic mass is 16.2. The molecule has 0 spiro atoms. The third-order valence-corrected chi connectivity index (χ3v) is 6.36. The number of carbonyl (C=O) groups excluding carboxylic acids is 1. The minimum absolute atomic E-state index is 0.0872. The second-order valence-corrected chi connectivity index (χ2v) is 9.00. The smallest absolute Gasteiger partial charge is 0.332 e. The Kier molecular flexibility index (Phi) is 6.43. The van der Waals surface area contributed by atoms with Gasteiger partial charge in [0.25, 0.3) is 11.5 Å². The quantitative estimate of drug-likeness (QED) is 0.345. The number of hydrogen-bond acceptors (Lipinski definition) is 4. The SMILES string of the molecule is Cc1ccc(Cn2c(=O)n(Cc3ccc(C(=O)Nc4ccccc4N)cc3)c(=O)c3ccccc32)cc1. The van der Waals surface area contributed by atoms with Crippen molar-refractivity contribution in [3.05, 3.63) is 140 Å². The first-order valence-electron chi connectivity index (χ1n) is 11.9. The van der Waals surface area contributed by atoms with E-state index in [4.69, 9.17) is 5.73 Å². The van der Waals surface area contributed by atoms with E-state index in [9.17, 15) is 14.4 Å². The first-order valence-corrected chi connectivity index (χ1v) is 11.9. The number of amides is 1. The van der Waals surface area contributed by atoms with Gasteiger partial charge in [-0.05, 0) is 54.4 Å². The highest BCUT2D eigenvalue weighted by molar-refractivity contribution is 6.05. The zero-order chi connectivity index (χ0) is 25.9. The molecule has 0 atom stereocenters. The number of nitrogens with two attached hydrogens (primary N) is 1. The van der Waals surface area contributed by atoms with Gasteiger partial charge in [-0.25, -0.2) is 4.79 Å². The normalized spacial score (nSPS) is 10.9. The summed E-state index contributed by atoms with van der Waals surface area (Å²) in [5.74, 6) is -0.298. The van der Waals surface area contributed by atoms with E-state index in [2.05, 4.69) is 5.32 Å². The predicted octanol–water partition coefficient (Wildman–Crippen LogP) is 4.40. The Morgan fingerprint density at radius 1 is 0.757 bits per heavy atom. The maximum atomic E-state index is 13.5. The van der Waals surface area contributed by atoms with Crippen molar-refractivity contribution >= 4 is 28.2 Å². The average molecular weight is 491 g/mol. The molecule has 0 saturated heterocycles. The number of carbonyl (C=O) groups is 1. The summed E-state index contributed by atoms with van der Waals surface area (Å²) in [5, 5.41) is 3.27. The standard InChI is InChI=1S/C30H26N4O3/c1-20-10-12-21(13-11-20)18-33-27-9-5-2-6-24(27)29(36)34(30(33)37)19-22-14-16-23(17-15-22)28(35)32-26-8-4-3-7-25(26)31/h2-17H,18-19,31H2,1H3,(H,32,35). The predicted molar refractivity (Wildman–Crippen MR) is 147 cm³/mol. The molecule has 0 aliphatic rings. The van der Waals surface area contributed by atoms with Crippen LogP contribution in [0.5, 0.6) is 0 Å². The Hall–Kier alpha value is -4.91. The highest BCUT2D eigenvalue weighted by Gasteiger charge is 2.14. The molecule has 1 amide bonds. The molecule has 0 aliphatic carbocycles. The Bertz CT molecular complexity index is 1720. The van der Waals surface area contributed by atoms with Gasteiger partial charge in [-0.15, -0.1) is 0 Å². The van der Waals surface area contributed by atoms with Crippen LogP contribution in [0.2, 0.25) is 0 Å². The summed E-state index contributed by atoms with van der Waals surface area (Å²) in [6.07, 6.45) is 0.